The van der Waals surface area contributed by atoms with Crippen molar-refractivity contribution < 1.29 is 14.3 Å². The van der Waals surface area contributed by atoms with Crippen molar-refractivity contribution in [1.82, 2.24) is 0 Å². The average Bonchev–Trinajstić information content (AvgIpc) is 2.90. The van der Waals surface area contributed by atoms with E-state index in [-0.39, 0.29) is 11.7 Å². The van der Waals surface area contributed by atoms with Crippen molar-refractivity contribution in [3.63, 3.8) is 0 Å². The number of ether oxygens (including phenoxy) is 1. The second-order valence-corrected chi connectivity index (χ2v) is 6.67. The molecule has 1 heterocycles. The fourth-order valence-corrected chi connectivity index (χ4v) is 3.13. The third-order valence-electron chi connectivity index (χ3n) is 3.92. The molecule has 0 N–H and O–H groups in total. The maximum absolute atomic E-state index is 12.6. The van der Waals surface area contributed by atoms with Gasteiger partial charge >= 0.3 is 5.97 Å². The number of halogens is 1. The van der Waals surface area contributed by atoms with Crippen LogP contribution in [0.4, 0.5) is 0 Å². The van der Waals surface area contributed by atoms with Gasteiger partial charge in [0.25, 0.3) is 0 Å². The highest BCUT2D eigenvalue weighted by Crippen LogP contribution is 2.29. The van der Waals surface area contributed by atoms with E-state index in [4.69, 9.17) is 4.74 Å². The van der Waals surface area contributed by atoms with Crippen molar-refractivity contribution in [2.75, 3.05) is 6.61 Å². The number of hydrogen-bond acceptors (Lipinski definition) is 3. The number of benzene rings is 2. The Balaban J connectivity index is 1.80. The van der Waals surface area contributed by atoms with E-state index in [1.165, 1.54) is 0 Å². The maximum atomic E-state index is 12.6. The summed E-state index contributed by atoms with van der Waals surface area (Å²) in [4.78, 5) is 24.6. The van der Waals surface area contributed by atoms with Gasteiger partial charge in [-0.05, 0) is 46.7 Å². The first kappa shape index (κ1) is 15.2. The van der Waals surface area contributed by atoms with E-state index < -0.39 is 11.9 Å². The summed E-state index contributed by atoms with van der Waals surface area (Å²) in [5.74, 6) is -1.33. The molecule has 1 fully saturated rings. The Hall–Kier alpha value is -1.69. The zero-order chi connectivity index (χ0) is 15.5. The Morgan fingerprint density at radius 3 is 2.45 bits per heavy atom. The first-order valence-corrected chi connectivity index (χ1v) is 8.23. The van der Waals surface area contributed by atoms with Gasteiger partial charge in [0, 0.05) is 15.1 Å². The van der Waals surface area contributed by atoms with Crippen molar-refractivity contribution in [2.45, 2.75) is 6.42 Å². The van der Waals surface area contributed by atoms with E-state index >= 15 is 0 Å². The normalized spacial score (nSPS) is 20.7. The maximum Gasteiger partial charge on any atom is 0.317 e. The van der Waals surface area contributed by atoms with Gasteiger partial charge in [0.1, 0.15) is 5.92 Å². The van der Waals surface area contributed by atoms with Crippen LogP contribution in [-0.2, 0) is 16.0 Å². The largest absolute Gasteiger partial charge is 0.465 e. The summed E-state index contributed by atoms with van der Waals surface area (Å²) < 4.78 is 6.32. The van der Waals surface area contributed by atoms with Crippen molar-refractivity contribution in [3.05, 3.63) is 69.3 Å². The molecule has 2 aromatic carbocycles. The Labute approximate surface area is 142 Å². The summed E-state index contributed by atoms with van der Waals surface area (Å²) in [5.41, 5.74) is 1.69. The lowest BCUT2D eigenvalue weighted by molar-refractivity contribution is -0.140. The zero-order valence-corrected chi connectivity index (χ0v) is 14.0. The highest BCUT2D eigenvalue weighted by molar-refractivity contribution is 14.1. The standard InChI is InChI=1S/C18H15IO3/c19-15-8-6-12(7-9-15)10-14-11-22-18(21)16(14)17(20)13-4-2-1-3-5-13/h1-9,14,16H,10-11H2/t14-,16-/m0/s1. The Bertz CT molecular complexity index is 679. The first-order valence-electron chi connectivity index (χ1n) is 7.15. The third-order valence-corrected chi connectivity index (χ3v) is 4.64. The number of ketones is 1. The second-order valence-electron chi connectivity index (χ2n) is 5.43. The Kier molecular flexibility index (Phi) is 4.57. The van der Waals surface area contributed by atoms with Gasteiger partial charge in [-0.2, -0.15) is 0 Å². The molecule has 112 valence electrons. The van der Waals surface area contributed by atoms with E-state index in [1.54, 1.807) is 12.1 Å². The predicted molar refractivity (Wildman–Crippen MR) is 91.6 cm³/mol. The SMILES string of the molecule is O=C1OC[C@H](Cc2ccc(I)cc2)[C@H]1C(=O)c1ccccc1. The molecule has 1 saturated heterocycles. The third kappa shape index (κ3) is 3.21. The van der Waals surface area contributed by atoms with Crippen molar-refractivity contribution in [2.24, 2.45) is 11.8 Å². The summed E-state index contributed by atoms with van der Waals surface area (Å²) in [6.07, 6.45) is 0.673. The Morgan fingerprint density at radius 2 is 1.77 bits per heavy atom. The summed E-state index contributed by atoms with van der Waals surface area (Å²) in [7, 11) is 0. The lowest BCUT2D eigenvalue weighted by Crippen LogP contribution is -2.27. The number of carbonyl (C=O) groups excluding carboxylic acids is 2. The van der Waals surface area contributed by atoms with Crippen LogP contribution in [0.2, 0.25) is 0 Å². The summed E-state index contributed by atoms with van der Waals surface area (Å²) in [5, 5.41) is 0. The fourth-order valence-electron chi connectivity index (χ4n) is 2.77. The molecule has 0 spiro atoms. The van der Waals surface area contributed by atoms with Crippen LogP contribution in [0.25, 0.3) is 0 Å². The number of esters is 1. The molecule has 2 aromatic rings. The van der Waals surface area contributed by atoms with E-state index in [9.17, 15) is 9.59 Å². The number of rotatable bonds is 4. The van der Waals surface area contributed by atoms with Crippen molar-refractivity contribution in [3.8, 4) is 0 Å². The summed E-state index contributed by atoms with van der Waals surface area (Å²) in [6.45, 7) is 0.314. The van der Waals surface area contributed by atoms with Gasteiger partial charge in [-0.3, -0.25) is 9.59 Å². The lowest BCUT2D eigenvalue weighted by Gasteiger charge is -2.14. The molecule has 3 rings (SSSR count). The van der Waals surface area contributed by atoms with Crippen LogP contribution in [0.15, 0.2) is 54.6 Å². The molecule has 22 heavy (non-hydrogen) atoms. The molecule has 0 saturated carbocycles. The highest BCUT2D eigenvalue weighted by Gasteiger charge is 2.42. The monoisotopic (exact) mass is 406 g/mol. The second kappa shape index (κ2) is 6.60. The van der Waals surface area contributed by atoms with Crippen LogP contribution in [-0.4, -0.2) is 18.4 Å². The van der Waals surface area contributed by atoms with Crippen LogP contribution >= 0.6 is 22.6 Å². The van der Waals surface area contributed by atoms with Gasteiger partial charge in [0.15, 0.2) is 5.78 Å². The molecule has 0 aromatic heterocycles. The van der Waals surface area contributed by atoms with Gasteiger partial charge in [-0.15, -0.1) is 0 Å². The van der Waals surface area contributed by atoms with E-state index in [2.05, 4.69) is 22.6 Å². The minimum Gasteiger partial charge on any atom is -0.465 e. The van der Waals surface area contributed by atoms with Crippen molar-refractivity contribution >= 4 is 34.3 Å². The smallest absolute Gasteiger partial charge is 0.317 e. The van der Waals surface area contributed by atoms with Crippen LogP contribution in [0.3, 0.4) is 0 Å². The highest BCUT2D eigenvalue weighted by atomic mass is 127. The minimum absolute atomic E-state index is 0.0970. The van der Waals surface area contributed by atoms with E-state index in [0.29, 0.717) is 18.6 Å². The van der Waals surface area contributed by atoms with E-state index in [0.717, 1.165) is 9.13 Å². The Morgan fingerprint density at radius 1 is 1.09 bits per heavy atom. The zero-order valence-electron chi connectivity index (χ0n) is 11.9. The van der Waals surface area contributed by atoms with Gasteiger partial charge in [-0.25, -0.2) is 0 Å². The van der Waals surface area contributed by atoms with Crippen LogP contribution in [0.1, 0.15) is 15.9 Å². The predicted octanol–water partition coefficient (Wildman–Crippen LogP) is 3.51. The van der Waals surface area contributed by atoms with Crippen LogP contribution in [0, 0.1) is 15.4 Å². The molecule has 3 nitrogen and oxygen atoms in total. The molecule has 0 radical (unpaired) electrons. The molecule has 0 aliphatic carbocycles. The molecular formula is C18H15IO3. The van der Waals surface area contributed by atoms with Crippen LogP contribution < -0.4 is 0 Å². The van der Waals surface area contributed by atoms with Gasteiger partial charge in [0.2, 0.25) is 0 Å². The van der Waals surface area contributed by atoms with Crippen molar-refractivity contribution in [1.29, 1.82) is 0 Å². The average molecular weight is 406 g/mol. The molecule has 4 heteroatoms. The topological polar surface area (TPSA) is 43.4 Å². The van der Waals surface area contributed by atoms with E-state index in [1.807, 2.05) is 42.5 Å². The molecular weight excluding hydrogens is 391 g/mol. The molecule has 2 atom stereocenters. The number of Topliss-reactive ketones (excluding diaryl/α,β-unsaturated/α-hetero) is 1. The molecule has 1 aliphatic heterocycles. The van der Waals surface area contributed by atoms with Crippen LogP contribution in [0.5, 0.6) is 0 Å². The fraction of sp³-hybridized carbons (Fsp3) is 0.222. The number of hydrogen-bond donors (Lipinski definition) is 0. The van der Waals surface area contributed by atoms with Gasteiger partial charge in [-0.1, -0.05) is 42.5 Å². The molecule has 0 amide bonds. The van der Waals surface area contributed by atoms with Gasteiger partial charge in [0.05, 0.1) is 6.61 Å². The summed E-state index contributed by atoms with van der Waals surface area (Å²) in [6, 6.07) is 17.1. The first-order chi connectivity index (χ1) is 10.6. The summed E-state index contributed by atoms with van der Waals surface area (Å²) >= 11 is 2.25. The quantitative estimate of drug-likeness (QED) is 0.338. The molecule has 1 aliphatic rings. The minimum atomic E-state index is -0.693. The number of cyclic esters (lactones) is 1. The lowest BCUT2D eigenvalue weighted by atomic mass is 9.84. The molecule has 0 unspecified atom stereocenters. The number of carbonyl (C=O) groups is 2. The molecule has 0 bridgehead atoms. The van der Waals surface area contributed by atoms with Gasteiger partial charge < -0.3 is 4.74 Å².